The number of hydrogen-bond acceptors (Lipinski definition) is 7. The first-order chi connectivity index (χ1) is 18.7. The molecule has 0 radical (unpaired) electrons. The Morgan fingerprint density at radius 3 is 2.41 bits per heavy atom. The second-order valence-corrected chi connectivity index (χ2v) is 9.91. The van der Waals surface area contributed by atoms with Crippen LogP contribution in [0.2, 0.25) is 0 Å². The first-order valence-electron chi connectivity index (χ1n) is 12.7. The minimum atomic E-state index is -0.958. The standard InChI is InChI=1S/C31H28N4O4/c1-6-35(17-32)24-16-25-23(26(28(36)33-5)27(38-25)19-12-10-18(2)11-13-19)15-22(24)20-8-7-9-21(14-20)29-34-31(3,4)30(37)39-29/h7-16H,6H2,1-5H3,(H,33,36). The lowest BCUT2D eigenvalue weighted by molar-refractivity contribution is -0.137. The summed E-state index contributed by atoms with van der Waals surface area (Å²) >= 11 is 0. The number of carbonyl (C=O) groups is 2. The molecule has 0 bridgehead atoms. The van der Waals surface area contributed by atoms with Gasteiger partial charge in [-0.3, -0.25) is 9.69 Å². The largest absolute Gasteiger partial charge is 0.455 e. The topological polar surface area (TPSA) is 108 Å². The van der Waals surface area contributed by atoms with Gasteiger partial charge in [-0.15, -0.1) is 0 Å². The van der Waals surface area contributed by atoms with Crippen LogP contribution in [0.5, 0.6) is 0 Å². The van der Waals surface area contributed by atoms with Crippen LogP contribution in [0.15, 0.2) is 70.1 Å². The van der Waals surface area contributed by atoms with Crippen molar-refractivity contribution in [1.29, 1.82) is 5.26 Å². The fourth-order valence-corrected chi connectivity index (χ4v) is 4.62. The fraction of sp³-hybridized carbons (Fsp3) is 0.226. The number of esters is 1. The minimum absolute atomic E-state index is 0.248. The number of hydrogen-bond donors (Lipinski definition) is 1. The molecule has 196 valence electrons. The smallest absolute Gasteiger partial charge is 0.340 e. The van der Waals surface area contributed by atoms with Gasteiger partial charge in [0, 0.05) is 41.7 Å². The van der Waals surface area contributed by atoms with E-state index in [4.69, 9.17) is 9.15 Å². The maximum absolute atomic E-state index is 13.2. The predicted octanol–water partition coefficient (Wildman–Crippen LogP) is 5.82. The number of nitrogens with one attached hydrogen (secondary N) is 1. The molecule has 0 fully saturated rings. The molecule has 1 aliphatic rings. The normalized spacial score (nSPS) is 14.1. The Morgan fingerprint density at radius 1 is 1.08 bits per heavy atom. The van der Waals surface area contributed by atoms with Gasteiger partial charge in [-0.1, -0.05) is 42.0 Å². The highest BCUT2D eigenvalue weighted by molar-refractivity contribution is 6.13. The van der Waals surface area contributed by atoms with E-state index >= 15 is 0 Å². The molecule has 8 nitrogen and oxygen atoms in total. The van der Waals surface area contributed by atoms with Crippen LogP contribution in [-0.2, 0) is 9.53 Å². The third kappa shape index (κ3) is 4.53. The van der Waals surface area contributed by atoms with Gasteiger partial charge in [0.2, 0.25) is 5.90 Å². The maximum atomic E-state index is 13.2. The number of cyclic esters (lactones) is 1. The highest BCUT2D eigenvalue weighted by Crippen LogP contribution is 2.41. The fourth-order valence-electron chi connectivity index (χ4n) is 4.62. The first kappa shape index (κ1) is 25.7. The summed E-state index contributed by atoms with van der Waals surface area (Å²) < 4.78 is 11.7. The van der Waals surface area contributed by atoms with Crippen LogP contribution in [0.1, 0.15) is 42.3 Å². The van der Waals surface area contributed by atoms with Crippen molar-refractivity contribution >= 4 is 34.4 Å². The SMILES string of the molecule is CCN(C#N)c1cc2oc(-c3ccc(C)cc3)c(C(=O)NC)c2cc1-c1cccc(C2=NC(C)(C)C(=O)O2)c1. The lowest BCUT2D eigenvalue weighted by atomic mass is 9.96. The molecule has 0 spiro atoms. The quantitative estimate of drug-likeness (QED) is 0.195. The summed E-state index contributed by atoms with van der Waals surface area (Å²) in [5.74, 6) is 0.0107. The van der Waals surface area contributed by atoms with Gasteiger partial charge in [-0.25, -0.2) is 9.79 Å². The number of benzene rings is 3. The van der Waals surface area contributed by atoms with E-state index in [0.717, 1.165) is 22.3 Å². The molecule has 0 saturated heterocycles. The van der Waals surface area contributed by atoms with Crippen molar-refractivity contribution in [2.24, 2.45) is 4.99 Å². The summed E-state index contributed by atoms with van der Waals surface area (Å²) in [5, 5.41) is 13.3. The van der Waals surface area contributed by atoms with Crippen LogP contribution in [0.4, 0.5) is 5.69 Å². The Labute approximate surface area is 226 Å². The van der Waals surface area contributed by atoms with E-state index in [-0.39, 0.29) is 11.8 Å². The lowest BCUT2D eigenvalue weighted by Crippen LogP contribution is -2.25. The van der Waals surface area contributed by atoms with E-state index in [1.165, 1.54) is 0 Å². The van der Waals surface area contributed by atoms with Crippen LogP contribution >= 0.6 is 0 Å². The third-order valence-electron chi connectivity index (χ3n) is 6.79. The van der Waals surface area contributed by atoms with E-state index < -0.39 is 11.5 Å². The Balaban J connectivity index is 1.76. The van der Waals surface area contributed by atoms with Gasteiger partial charge >= 0.3 is 5.97 Å². The molecule has 2 heterocycles. The second kappa shape index (κ2) is 9.76. The number of fused-ring (bicyclic) bond motifs is 1. The van der Waals surface area contributed by atoms with Crippen molar-refractivity contribution in [3.63, 3.8) is 0 Å². The summed E-state index contributed by atoms with van der Waals surface area (Å²) in [7, 11) is 1.58. The van der Waals surface area contributed by atoms with E-state index in [1.54, 1.807) is 31.9 Å². The highest BCUT2D eigenvalue weighted by atomic mass is 16.6. The Hall–Kier alpha value is -4.90. The maximum Gasteiger partial charge on any atom is 0.340 e. The molecule has 8 heteroatoms. The van der Waals surface area contributed by atoms with Crippen molar-refractivity contribution < 1.29 is 18.7 Å². The minimum Gasteiger partial charge on any atom is -0.455 e. The second-order valence-electron chi connectivity index (χ2n) is 9.91. The van der Waals surface area contributed by atoms with Gasteiger partial charge in [0.25, 0.3) is 5.91 Å². The number of anilines is 1. The first-order valence-corrected chi connectivity index (χ1v) is 12.7. The summed E-state index contributed by atoms with van der Waals surface area (Å²) in [5.41, 5.74) is 4.56. The van der Waals surface area contributed by atoms with Crippen molar-refractivity contribution in [3.8, 4) is 28.6 Å². The highest BCUT2D eigenvalue weighted by Gasteiger charge is 2.37. The monoisotopic (exact) mass is 520 g/mol. The molecule has 0 aliphatic carbocycles. The van der Waals surface area contributed by atoms with E-state index in [2.05, 4.69) is 16.5 Å². The molecule has 3 aromatic carbocycles. The molecule has 4 aromatic rings. The number of nitriles is 1. The number of nitrogens with zero attached hydrogens (tertiary/aromatic N) is 3. The number of ether oxygens (including phenoxy) is 1. The third-order valence-corrected chi connectivity index (χ3v) is 6.79. The molecule has 1 amide bonds. The van der Waals surface area contributed by atoms with Crippen molar-refractivity contribution in [2.75, 3.05) is 18.5 Å². The van der Waals surface area contributed by atoms with Gasteiger partial charge in [0.1, 0.15) is 11.3 Å². The molecule has 39 heavy (non-hydrogen) atoms. The van der Waals surface area contributed by atoms with Gasteiger partial charge < -0.3 is 14.5 Å². The lowest BCUT2D eigenvalue weighted by Gasteiger charge is -2.18. The van der Waals surface area contributed by atoms with Crippen molar-refractivity contribution in [2.45, 2.75) is 33.2 Å². The molecule has 0 saturated carbocycles. The number of furan rings is 1. The van der Waals surface area contributed by atoms with E-state index in [9.17, 15) is 14.9 Å². The zero-order chi connectivity index (χ0) is 27.9. The summed E-state index contributed by atoms with van der Waals surface area (Å²) in [6.45, 7) is 7.72. The molecule has 5 rings (SSSR count). The average Bonchev–Trinajstić information content (AvgIpc) is 3.44. The number of aryl methyl sites for hydroxylation is 1. The number of carbonyl (C=O) groups excluding carboxylic acids is 2. The van der Waals surface area contributed by atoms with Gasteiger partial charge in [-0.05, 0) is 51.5 Å². The van der Waals surface area contributed by atoms with Crippen molar-refractivity contribution in [1.82, 2.24) is 5.32 Å². The van der Waals surface area contributed by atoms with Crippen LogP contribution in [-0.4, -0.2) is 36.9 Å². The predicted molar refractivity (Wildman–Crippen MR) is 151 cm³/mol. The van der Waals surface area contributed by atoms with Crippen LogP contribution in [0.25, 0.3) is 33.4 Å². The molecular formula is C31H28N4O4. The average molecular weight is 521 g/mol. The van der Waals surface area contributed by atoms with Crippen LogP contribution < -0.4 is 10.2 Å². The molecule has 0 atom stereocenters. The summed E-state index contributed by atoms with van der Waals surface area (Å²) in [6, 6.07) is 18.9. The zero-order valence-electron chi connectivity index (χ0n) is 22.5. The van der Waals surface area contributed by atoms with Crippen molar-refractivity contribution in [3.05, 3.63) is 77.4 Å². The van der Waals surface area contributed by atoms with Crippen LogP contribution in [0, 0.1) is 18.4 Å². The van der Waals surface area contributed by atoms with Gasteiger partial charge in [0.15, 0.2) is 11.7 Å². The molecule has 1 aliphatic heterocycles. The molecular weight excluding hydrogens is 492 g/mol. The van der Waals surface area contributed by atoms with E-state index in [1.807, 2.05) is 68.4 Å². The zero-order valence-corrected chi connectivity index (χ0v) is 22.5. The molecule has 1 N–H and O–H groups in total. The number of amides is 1. The number of rotatable bonds is 6. The summed E-state index contributed by atoms with van der Waals surface area (Å²) in [6.07, 6.45) is 2.24. The summed E-state index contributed by atoms with van der Waals surface area (Å²) in [4.78, 5) is 31.4. The Kier molecular flexibility index (Phi) is 6.44. The van der Waals surface area contributed by atoms with Gasteiger partial charge in [0.05, 0.1) is 11.3 Å². The van der Waals surface area contributed by atoms with Crippen LogP contribution in [0.3, 0.4) is 0 Å². The van der Waals surface area contributed by atoms with Gasteiger partial charge in [-0.2, -0.15) is 5.26 Å². The van der Waals surface area contributed by atoms with E-state index in [0.29, 0.717) is 40.1 Å². The Bertz CT molecular complexity index is 1690. The molecule has 1 aromatic heterocycles. The Morgan fingerprint density at radius 2 is 1.79 bits per heavy atom. The number of aliphatic imine (C=N–C) groups is 1. The molecule has 0 unspecified atom stereocenters.